The van der Waals surface area contributed by atoms with Crippen molar-refractivity contribution >= 4 is 23.2 Å². The number of carbonyl (C=O) groups is 2. The topological polar surface area (TPSA) is 62.3 Å². The van der Waals surface area contributed by atoms with E-state index in [0.29, 0.717) is 31.2 Å². The van der Waals surface area contributed by atoms with Gasteiger partial charge in [0.25, 0.3) is 0 Å². The van der Waals surface area contributed by atoms with Crippen molar-refractivity contribution in [2.45, 2.75) is 58.8 Å². The van der Waals surface area contributed by atoms with Gasteiger partial charge in [-0.05, 0) is 18.8 Å². The van der Waals surface area contributed by atoms with Crippen LogP contribution < -0.4 is 5.32 Å². The zero-order chi connectivity index (χ0) is 17.5. The molecule has 1 aromatic heterocycles. The van der Waals surface area contributed by atoms with Crippen molar-refractivity contribution in [3.05, 3.63) is 16.1 Å². The van der Waals surface area contributed by atoms with Crippen LogP contribution in [0, 0.1) is 5.92 Å². The van der Waals surface area contributed by atoms with Gasteiger partial charge in [0.15, 0.2) is 0 Å². The summed E-state index contributed by atoms with van der Waals surface area (Å²) in [5.74, 6) is 1.12. The number of amides is 2. The van der Waals surface area contributed by atoms with Crippen molar-refractivity contribution in [2.24, 2.45) is 5.92 Å². The van der Waals surface area contributed by atoms with Gasteiger partial charge in [0.1, 0.15) is 0 Å². The highest BCUT2D eigenvalue weighted by Gasteiger charge is 2.26. The average molecular weight is 352 g/mol. The quantitative estimate of drug-likeness (QED) is 0.821. The second-order valence-corrected chi connectivity index (χ2v) is 7.80. The summed E-state index contributed by atoms with van der Waals surface area (Å²) in [5, 5.41) is 6.10. The predicted molar refractivity (Wildman–Crippen MR) is 97.1 cm³/mol. The number of hydrogen-bond donors (Lipinski definition) is 1. The number of nitrogens with zero attached hydrogens (tertiary/aromatic N) is 2. The minimum Gasteiger partial charge on any atom is -0.356 e. The molecule has 2 rings (SSSR count). The molecule has 0 spiro atoms. The van der Waals surface area contributed by atoms with Gasteiger partial charge in [0.2, 0.25) is 11.8 Å². The third kappa shape index (κ3) is 5.58. The Morgan fingerprint density at radius 1 is 1.46 bits per heavy atom. The molecule has 24 heavy (non-hydrogen) atoms. The molecule has 134 valence electrons. The molecule has 1 aliphatic heterocycles. The maximum absolute atomic E-state index is 12.3. The average Bonchev–Trinajstić information content (AvgIpc) is 3.03. The Labute approximate surface area is 148 Å². The second kappa shape index (κ2) is 9.16. The molecule has 0 aliphatic carbocycles. The highest BCUT2D eigenvalue weighted by molar-refractivity contribution is 7.09. The monoisotopic (exact) mass is 351 g/mol. The van der Waals surface area contributed by atoms with E-state index in [0.717, 1.165) is 43.1 Å². The lowest BCUT2D eigenvalue weighted by molar-refractivity contribution is -0.133. The minimum absolute atomic E-state index is 0.0806. The van der Waals surface area contributed by atoms with Gasteiger partial charge in [0.05, 0.1) is 10.7 Å². The molecule has 1 aliphatic rings. The molecule has 1 aromatic rings. The summed E-state index contributed by atoms with van der Waals surface area (Å²) < 4.78 is 0. The van der Waals surface area contributed by atoms with Crippen LogP contribution in [0.25, 0.3) is 0 Å². The highest BCUT2D eigenvalue weighted by Crippen LogP contribution is 2.29. The molecule has 2 amide bonds. The smallest absolute Gasteiger partial charge is 0.222 e. The van der Waals surface area contributed by atoms with Crippen LogP contribution in [-0.2, 0) is 16.0 Å². The van der Waals surface area contributed by atoms with Crippen LogP contribution in [0.5, 0.6) is 0 Å². The van der Waals surface area contributed by atoms with Crippen LogP contribution in [0.2, 0.25) is 0 Å². The molecule has 0 bridgehead atoms. The Bertz CT molecular complexity index is 556. The summed E-state index contributed by atoms with van der Waals surface area (Å²) in [6.45, 7) is 8.34. The molecule has 0 radical (unpaired) electrons. The van der Waals surface area contributed by atoms with Crippen molar-refractivity contribution in [3.8, 4) is 0 Å². The highest BCUT2D eigenvalue weighted by atomic mass is 32.1. The fourth-order valence-corrected chi connectivity index (χ4v) is 3.95. The number of likely N-dealkylation sites (tertiary alicyclic amines) is 1. The number of rotatable bonds is 7. The van der Waals surface area contributed by atoms with E-state index >= 15 is 0 Å². The van der Waals surface area contributed by atoms with E-state index in [1.54, 1.807) is 11.3 Å². The third-order valence-corrected chi connectivity index (χ3v) is 5.36. The molecule has 0 aromatic carbocycles. The number of hydrogen-bond acceptors (Lipinski definition) is 4. The van der Waals surface area contributed by atoms with E-state index in [1.807, 2.05) is 11.8 Å². The first kappa shape index (κ1) is 18.9. The van der Waals surface area contributed by atoms with E-state index in [-0.39, 0.29) is 11.8 Å². The number of thiazole rings is 1. The van der Waals surface area contributed by atoms with E-state index in [1.165, 1.54) is 0 Å². The van der Waals surface area contributed by atoms with E-state index in [2.05, 4.69) is 24.5 Å². The summed E-state index contributed by atoms with van der Waals surface area (Å²) in [4.78, 5) is 30.3. The zero-order valence-electron chi connectivity index (χ0n) is 15.0. The van der Waals surface area contributed by atoms with Gasteiger partial charge < -0.3 is 10.2 Å². The minimum atomic E-state index is 0.0806. The number of nitrogens with one attached hydrogen (secondary N) is 1. The molecule has 0 unspecified atom stereocenters. The van der Waals surface area contributed by atoms with Gasteiger partial charge in [-0.15, -0.1) is 11.3 Å². The first-order chi connectivity index (χ1) is 11.5. The molecule has 1 fully saturated rings. The lowest BCUT2D eigenvalue weighted by atomic mass is 9.97. The van der Waals surface area contributed by atoms with Gasteiger partial charge in [-0.2, -0.15) is 0 Å². The third-order valence-electron chi connectivity index (χ3n) is 4.30. The van der Waals surface area contributed by atoms with Crippen molar-refractivity contribution < 1.29 is 9.59 Å². The molecule has 2 heterocycles. The lowest BCUT2D eigenvalue weighted by Crippen LogP contribution is -2.39. The molecule has 5 nitrogen and oxygen atoms in total. The van der Waals surface area contributed by atoms with Crippen LogP contribution in [0.1, 0.15) is 63.1 Å². The summed E-state index contributed by atoms with van der Waals surface area (Å²) in [7, 11) is 0. The fourth-order valence-electron chi connectivity index (χ4n) is 2.96. The SMILES string of the molecule is CCC(=O)NCCc1csc([C@@H]2CCCN(C(=O)CC(C)C)C2)n1. The molecule has 6 heteroatoms. The van der Waals surface area contributed by atoms with Gasteiger partial charge in [0, 0.05) is 50.2 Å². The summed E-state index contributed by atoms with van der Waals surface area (Å²) in [6, 6.07) is 0. The number of carbonyl (C=O) groups excluding carboxylic acids is 2. The van der Waals surface area contributed by atoms with Crippen LogP contribution in [0.3, 0.4) is 0 Å². The van der Waals surface area contributed by atoms with Crippen molar-refractivity contribution in [3.63, 3.8) is 0 Å². The Hall–Kier alpha value is -1.43. The van der Waals surface area contributed by atoms with E-state index in [4.69, 9.17) is 4.98 Å². The normalized spacial score (nSPS) is 18.0. The Kier molecular flexibility index (Phi) is 7.21. The summed E-state index contributed by atoms with van der Waals surface area (Å²) in [6.07, 6.45) is 4.07. The molecular weight excluding hydrogens is 322 g/mol. The van der Waals surface area contributed by atoms with Gasteiger partial charge in [-0.25, -0.2) is 4.98 Å². The second-order valence-electron chi connectivity index (χ2n) is 6.91. The van der Waals surface area contributed by atoms with Crippen LogP contribution in [0.4, 0.5) is 0 Å². The Balaban J connectivity index is 1.87. The lowest BCUT2D eigenvalue weighted by Gasteiger charge is -2.32. The Morgan fingerprint density at radius 2 is 2.25 bits per heavy atom. The van der Waals surface area contributed by atoms with Crippen molar-refractivity contribution in [1.82, 2.24) is 15.2 Å². The van der Waals surface area contributed by atoms with Crippen LogP contribution in [-0.4, -0.2) is 41.3 Å². The molecule has 1 atom stereocenters. The Morgan fingerprint density at radius 3 is 2.96 bits per heavy atom. The van der Waals surface area contributed by atoms with Crippen molar-refractivity contribution in [1.29, 1.82) is 0 Å². The maximum Gasteiger partial charge on any atom is 0.222 e. The molecule has 0 saturated carbocycles. The summed E-state index contributed by atoms with van der Waals surface area (Å²) in [5.41, 5.74) is 1.04. The molecule has 1 N–H and O–H groups in total. The molecular formula is C18H29N3O2S. The largest absolute Gasteiger partial charge is 0.356 e. The van der Waals surface area contributed by atoms with Gasteiger partial charge >= 0.3 is 0 Å². The summed E-state index contributed by atoms with van der Waals surface area (Å²) >= 11 is 1.69. The maximum atomic E-state index is 12.3. The van der Waals surface area contributed by atoms with Gasteiger partial charge in [-0.3, -0.25) is 9.59 Å². The number of piperidine rings is 1. The van der Waals surface area contributed by atoms with Crippen LogP contribution >= 0.6 is 11.3 Å². The first-order valence-electron chi connectivity index (χ1n) is 8.98. The van der Waals surface area contributed by atoms with Crippen LogP contribution in [0.15, 0.2) is 5.38 Å². The zero-order valence-corrected chi connectivity index (χ0v) is 15.8. The first-order valence-corrected chi connectivity index (χ1v) is 9.86. The number of aromatic nitrogens is 1. The standard InChI is InChI=1S/C18H29N3O2S/c1-4-16(22)19-8-7-15-12-24-18(20-15)14-6-5-9-21(11-14)17(23)10-13(2)3/h12-14H,4-11H2,1-3H3,(H,19,22)/t14-/m1/s1. The van der Waals surface area contributed by atoms with E-state index < -0.39 is 0 Å². The van der Waals surface area contributed by atoms with Crippen molar-refractivity contribution in [2.75, 3.05) is 19.6 Å². The predicted octanol–water partition coefficient (Wildman–Crippen LogP) is 2.96. The van der Waals surface area contributed by atoms with Gasteiger partial charge in [-0.1, -0.05) is 20.8 Å². The van der Waals surface area contributed by atoms with E-state index in [9.17, 15) is 9.59 Å². The fraction of sp³-hybridized carbons (Fsp3) is 0.722. The molecule has 1 saturated heterocycles.